The first-order valence-electron chi connectivity index (χ1n) is 6.00. The van der Waals surface area contributed by atoms with Crippen molar-refractivity contribution >= 4 is 11.8 Å². The van der Waals surface area contributed by atoms with E-state index in [9.17, 15) is 0 Å². The molecule has 0 unspecified atom stereocenters. The fourth-order valence-electron chi connectivity index (χ4n) is 1.61. The van der Waals surface area contributed by atoms with Crippen LogP contribution in [0.4, 0.5) is 0 Å². The zero-order valence-corrected chi connectivity index (χ0v) is 11.9. The third-order valence-corrected chi connectivity index (χ3v) is 3.42. The molecule has 1 aromatic heterocycles. The quantitative estimate of drug-likeness (QED) is 0.530. The lowest BCUT2D eigenvalue weighted by Crippen LogP contribution is -1.93. The third kappa shape index (κ3) is 3.98. The second-order valence-electron chi connectivity index (χ2n) is 3.81. The van der Waals surface area contributed by atoms with Crippen LogP contribution in [-0.2, 0) is 5.75 Å². The minimum atomic E-state index is -0.145. The van der Waals surface area contributed by atoms with Crippen LogP contribution < -0.4 is 4.74 Å². The Bertz CT molecular complexity index is 621. The molecule has 5 heteroatoms. The van der Waals surface area contributed by atoms with E-state index in [-0.39, 0.29) is 6.61 Å². The predicted octanol–water partition coefficient (Wildman–Crippen LogP) is 2.12. The molecule has 1 aromatic carbocycles. The zero-order valence-electron chi connectivity index (χ0n) is 11.0. The molecule has 0 fully saturated rings. The predicted molar refractivity (Wildman–Crippen MR) is 78.6 cm³/mol. The number of hydrogen-bond acceptors (Lipinski definition) is 5. The molecule has 4 nitrogen and oxygen atoms in total. The van der Waals surface area contributed by atoms with Crippen LogP contribution in [0.5, 0.6) is 5.75 Å². The van der Waals surface area contributed by atoms with Crippen LogP contribution in [0.15, 0.2) is 41.8 Å². The molecule has 0 spiro atoms. The molecular formula is C15H14N2O2S. The average molecular weight is 286 g/mol. The highest BCUT2D eigenvalue weighted by Crippen LogP contribution is 2.26. The third-order valence-electron chi connectivity index (χ3n) is 2.49. The standard InChI is InChI=1S/C15H14N2O2S/c1-19-14-6-5-12(4-2-9-18)10-13(14)11-20-15-16-7-3-8-17-15/h3,5-8,10,18H,9,11H2,1H3. The SMILES string of the molecule is COc1ccc(C#CCO)cc1CSc1ncccn1. The van der Waals surface area contributed by atoms with E-state index in [4.69, 9.17) is 9.84 Å². The summed E-state index contributed by atoms with van der Waals surface area (Å²) in [7, 11) is 1.64. The van der Waals surface area contributed by atoms with Gasteiger partial charge in [-0.1, -0.05) is 23.6 Å². The van der Waals surface area contributed by atoms with Crippen molar-refractivity contribution in [3.63, 3.8) is 0 Å². The number of aliphatic hydroxyl groups is 1. The van der Waals surface area contributed by atoms with Gasteiger partial charge in [0.05, 0.1) is 7.11 Å². The van der Waals surface area contributed by atoms with Crippen LogP contribution in [0.2, 0.25) is 0 Å². The molecule has 0 amide bonds. The summed E-state index contributed by atoms with van der Waals surface area (Å²) < 4.78 is 5.34. The Labute approximate surface area is 122 Å². The van der Waals surface area contributed by atoms with E-state index in [1.54, 1.807) is 25.6 Å². The molecule has 102 valence electrons. The van der Waals surface area contributed by atoms with Crippen molar-refractivity contribution in [1.82, 2.24) is 9.97 Å². The maximum absolute atomic E-state index is 8.73. The summed E-state index contributed by atoms with van der Waals surface area (Å²) in [6.45, 7) is -0.145. The number of aromatic nitrogens is 2. The average Bonchev–Trinajstić information content (AvgIpc) is 2.52. The highest BCUT2D eigenvalue weighted by atomic mass is 32.2. The monoisotopic (exact) mass is 286 g/mol. The van der Waals surface area contributed by atoms with Crippen molar-refractivity contribution in [2.24, 2.45) is 0 Å². The molecule has 2 rings (SSSR count). The second-order valence-corrected chi connectivity index (χ2v) is 4.75. The van der Waals surface area contributed by atoms with E-state index < -0.39 is 0 Å². The normalized spacial score (nSPS) is 9.70. The number of ether oxygens (including phenoxy) is 1. The number of thioether (sulfide) groups is 1. The van der Waals surface area contributed by atoms with E-state index in [1.165, 1.54) is 11.8 Å². The number of methoxy groups -OCH3 is 1. The van der Waals surface area contributed by atoms with Crippen molar-refractivity contribution in [1.29, 1.82) is 0 Å². The fraction of sp³-hybridized carbons (Fsp3) is 0.200. The summed E-state index contributed by atoms with van der Waals surface area (Å²) in [6.07, 6.45) is 3.44. The van der Waals surface area contributed by atoms with Gasteiger partial charge in [-0.15, -0.1) is 0 Å². The highest BCUT2D eigenvalue weighted by Gasteiger charge is 2.06. The molecule has 0 aliphatic heterocycles. The molecule has 0 saturated heterocycles. The summed E-state index contributed by atoms with van der Waals surface area (Å²) in [4.78, 5) is 8.34. The van der Waals surface area contributed by atoms with E-state index >= 15 is 0 Å². The minimum Gasteiger partial charge on any atom is -0.496 e. The number of hydrogen-bond donors (Lipinski definition) is 1. The Morgan fingerprint density at radius 1 is 1.30 bits per heavy atom. The first-order chi connectivity index (χ1) is 9.83. The van der Waals surface area contributed by atoms with Gasteiger partial charge < -0.3 is 9.84 Å². The van der Waals surface area contributed by atoms with Crippen molar-refractivity contribution in [2.45, 2.75) is 10.9 Å². The van der Waals surface area contributed by atoms with Gasteiger partial charge in [0.15, 0.2) is 5.16 Å². The Balaban J connectivity index is 2.16. The Hall–Kier alpha value is -2.03. The van der Waals surface area contributed by atoms with Gasteiger partial charge in [-0.2, -0.15) is 0 Å². The van der Waals surface area contributed by atoms with Crippen LogP contribution in [0, 0.1) is 11.8 Å². The van der Waals surface area contributed by atoms with Crippen LogP contribution in [0.3, 0.4) is 0 Å². The van der Waals surface area contributed by atoms with Gasteiger partial charge in [-0.05, 0) is 24.3 Å². The Morgan fingerprint density at radius 2 is 2.10 bits per heavy atom. The first-order valence-corrected chi connectivity index (χ1v) is 6.98. The van der Waals surface area contributed by atoms with Gasteiger partial charge in [0.1, 0.15) is 12.4 Å². The molecule has 1 N–H and O–H groups in total. The lowest BCUT2D eigenvalue weighted by Gasteiger charge is -2.08. The molecule has 0 atom stereocenters. The van der Waals surface area contributed by atoms with E-state index in [0.29, 0.717) is 5.75 Å². The molecule has 0 aliphatic carbocycles. The summed E-state index contributed by atoms with van der Waals surface area (Å²) in [6, 6.07) is 7.49. The van der Waals surface area contributed by atoms with Gasteiger partial charge >= 0.3 is 0 Å². The Morgan fingerprint density at radius 3 is 2.80 bits per heavy atom. The molecular weight excluding hydrogens is 272 g/mol. The summed E-state index contributed by atoms with van der Waals surface area (Å²) in [5.74, 6) is 7.03. The van der Waals surface area contributed by atoms with E-state index in [0.717, 1.165) is 22.0 Å². The summed E-state index contributed by atoms with van der Waals surface area (Å²) in [5.41, 5.74) is 1.87. The molecule has 0 aliphatic rings. The highest BCUT2D eigenvalue weighted by molar-refractivity contribution is 7.98. The van der Waals surface area contributed by atoms with Gasteiger partial charge in [-0.3, -0.25) is 0 Å². The number of rotatable bonds is 4. The topological polar surface area (TPSA) is 55.2 Å². The number of aliphatic hydroxyl groups excluding tert-OH is 1. The lowest BCUT2D eigenvalue weighted by atomic mass is 10.1. The zero-order chi connectivity index (χ0) is 14.2. The molecule has 2 aromatic rings. The molecule has 0 bridgehead atoms. The minimum absolute atomic E-state index is 0.145. The van der Waals surface area contributed by atoms with E-state index in [1.807, 2.05) is 18.2 Å². The van der Waals surface area contributed by atoms with Crippen LogP contribution in [-0.4, -0.2) is 28.8 Å². The van der Waals surface area contributed by atoms with Crippen LogP contribution >= 0.6 is 11.8 Å². The van der Waals surface area contributed by atoms with Crippen LogP contribution in [0.25, 0.3) is 0 Å². The largest absolute Gasteiger partial charge is 0.496 e. The molecule has 1 heterocycles. The van der Waals surface area contributed by atoms with Gasteiger partial charge in [0, 0.05) is 29.3 Å². The molecule has 0 saturated carbocycles. The van der Waals surface area contributed by atoms with Crippen molar-refractivity contribution in [2.75, 3.05) is 13.7 Å². The van der Waals surface area contributed by atoms with Gasteiger partial charge in [0.25, 0.3) is 0 Å². The van der Waals surface area contributed by atoms with Gasteiger partial charge in [0.2, 0.25) is 0 Å². The number of nitrogens with zero attached hydrogens (tertiary/aromatic N) is 2. The van der Waals surface area contributed by atoms with Crippen molar-refractivity contribution < 1.29 is 9.84 Å². The number of benzene rings is 1. The summed E-state index contributed by atoms with van der Waals surface area (Å²) >= 11 is 1.54. The molecule has 20 heavy (non-hydrogen) atoms. The van der Waals surface area contributed by atoms with E-state index in [2.05, 4.69) is 21.8 Å². The van der Waals surface area contributed by atoms with Gasteiger partial charge in [-0.25, -0.2) is 9.97 Å². The fourth-order valence-corrected chi connectivity index (χ4v) is 2.39. The molecule has 0 radical (unpaired) electrons. The first kappa shape index (κ1) is 14.4. The lowest BCUT2D eigenvalue weighted by molar-refractivity contribution is 0.350. The summed E-state index contributed by atoms with van der Waals surface area (Å²) in [5, 5.41) is 9.45. The smallest absolute Gasteiger partial charge is 0.187 e. The maximum Gasteiger partial charge on any atom is 0.187 e. The second kappa shape index (κ2) is 7.53. The Kier molecular flexibility index (Phi) is 5.42. The van der Waals surface area contributed by atoms with Crippen LogP contribution in [0.1, 0.15) is 11.1 Å². The maximum atomic E-state index is 8.73. The van der Waals surface area contributed by atoms with Crippen molar-refractivity contribution in [3.8, 4) is 17.6 Å². The van der Waals surface area contributed by atoms with Crippen molar-refractivity contribution in [3.05, 3.63) is 47.8 Å².